The van der Waals surface area contributed by atoms with Crippen LogP contribution in [0, 0.1) is 0 Å². The summed E-state index contributed by atoms with van der Waals surface area (Å²) in [5, 5.41) is 0. The maximum atomic E-state index is 5.44. The van der Waals surface area contributed by atoms with Crippen molar-refractivity contribution in [3.63, 3.8) is 0 Å². The normalized spacial score (nSPS) is 17.6. The Morgan fingerprint density at radius 1 is 1.16 bits per heavy atom. The van der Waals surface area contributed by atoms with Crippen molar-refractivity contribution in [3.05, 3.63) is 28.2 Å². The second-order valence-electron chi connectivity index (χ2n) is 5.07. The minimum Gasteiger partial charge on any atom is -0.496 e. The minimum atomic E-state index is 0.975. The van der Waals surface area contributed by atoms with E-state index in [1.165, 1.54) is 31.6 Å². The van der Waals surface area contributed by atoms with Gasteiger partial charge in [-0.15, -0.1) is 0 Å². The Bertz CT molecular complexity index is 403. The van der Waals surface area contributed by atoms with E-state index < -0.39 is 0 Å². The predicted octanol–water partition coefficient (Wildman–Crippen LogP) is 2.99. The highest BCUT2D eigenvalue weighted by Gasteiger charge is 2.17. The minimum absolute atomic E-state index is 0.975. The molecule has 0 saturated carbocycles. The number of piperazine rings is 1. The molecule has 0 spiro atoms. The Morgan fingerprint density at radius 2 is 1.84 bits per heavy atom. The van der Waals surface area contributed by atoms with Crippen LogP contribution in [0.5, 0.6) is 5.75 Å². The highest BCUT2D eigenvalue weighted by atomic mass is 79.9. The van der Waals surface area contributed by atoms with Crippen LogP contribution < -0.4 is 4.74 Å². The van der Waals surface area contributed by atoms with E-state index in [1.807, 2.05) is 12.1 Å². The van der Waals surface area contributed by atoms with Gasteiger partial charge in [0.05, 0.1) is 7.11 Å². The van der Waals surface area contributed by atoms with Gasteiger partial charge >= 0.3 is 0 Å². The van der Waals surface area contributed by atoms with Crippen LogP contribution in [0.1, 0.15) is 18.9 Å². The first-order valence-electron chi connectivity index (χ1n) is 7.00. The second-order valence-corrected chi connectivity index (χ2v) is 5.99. The van der Waals surface area contributed by atoms with E-state index in [9.17, 15) is 0 Å². The van der Waals surface area contributed by atoms with Crippen LogP contribution in [0.2, 0.25) is 0 Å². The van der Waals surface area contributed by atoms with E-state index in [1.54, 1.807) is 7.11 Å². The molecule has 0 atom stereocenters. The lowest BCUT2D eigenvalue weighted by Crippen LogP contribution is -2.46. The fourth-order valence-electron chi connectivity index (χ4n) is 2.60. The van der Waals surface area contributed by atoms with Crippen molar-refractivity contribution in [2.24, 2.45) is 0 Å². The number of hydrogen-bond donors (Lipinski definition) is 0. The maximum Gasteiger partial charge on any atom is 0.123 e. The molecule has 1 aliphatic heterocycles. The van der Waals surface area contributed by atoms with E-state index in [4.69, 9.17) is 4.74 Å². The highest BCUT2D eigenvalue weighted by molar-refractivity contribution is 9.10. The van der Waals surface area contributed by atoms with E-state index >= 15 is 0 Å². The summed E-state index contributed by atoms with van der Waals surface area (Å²) in [6, 6.07) is 6.23. The first-order valence-corrected chi connectivity index (χ1v) is 7.79. The monoisotopic (exact) mass is 326 g/mol. The molecule has 1 fully saturated rings. The van der Waals surface area contributed by atoms with Crippen LogP contribution in [0.3, 0.4) is 0 Å². The molecule has 0 amide bonds. The Labute approximate surface area is 124 Å². The van der Waals surface area contributed by atoms with Crippen molar-refractivity contribution in [2.75, 3.05) is 39.8 Å². The first-order chi connectivity index (χ1) is 9.22. The lowest BCUT2D eigenvalue weighted by Gasteiger charge is -2.34. The second kappa shape index (κ2) is 7.27. The third-order valence-corrected chi connectivity index (χ3v) is 4.13. The van der Waals surface area contributed by atoms with Gasteiger partial charge in [0, 0.05) is 42.8 Å². The van der Waals surface area contributed by atoms with Crippen LogP contribution in [-0.4, -0.2) is 49.6 Å². The van der Waals surface area contributed by atoms with Gasteiger partial charge in [0.25, 0.3) is 0 Å². The molecule has 106 valence electrons. The molecule has 0 aliphatic carbocycles. The van der Waals surface area contributed by atoms with Crippen molar-refractivity contribution < 1.29 is 4.74 Å². The molecule has 0 unspecified atom stereocenters. The standard InChI is InChI=1S/C15H23BrN2O/c1-3-6-17-7-9-18(10-8-17)12-13-11-14(16)4-5-15(13)19-2/h4-5,11H,3,6-10,12H2,1-2H3. The largest absolute Gasteiger partial charge is 0.496 e. The number of halogens is 1. The predicted molar refractivity (Wildman–Crippen MR) is 82.7 cm³/mol. The number of hydrogen-bond acceptors (Lipinski definition) is 3. The van der Waals surface area contributed by atoms with Crippen molar-refractivity contribution in [3.8, 4) is 5.75 Å². The summed E-state index contributed by atoms with van der Waals surface area (Å²) in [5.74, 6) is 0.985. The molecule has 0 bridgehead atoms. The SMILES string of the molecule is CCCN1CCN(Cc2cc(Br)ccc2OC)CC1. The van der Waals surface area contributed by atoms with Crippen LogP contribution in [0.15, 0.2) is 22.7 Å². The molecule has 1 heterocycles. The number of benzene rings is 1. The van der Waals surface area contributed by atoms with Crippen LogP contribution in [0.4, 0.5) is 0 Å². The van der Waals surface area contributed by atoms with Gasteiger partial charge in [0.15, 0.2) is 0 Å². The topological polar surface area (TPSA) is 15.7 Å². The molecule has 0 radical (unpaired) electrons. The van der Waals surface area contributed by atoms with E-state index in [2.05, 4.69) is 38.7 Å². The van der Waals surface area contributed by atoms with E-state index in [0.717, 1.165) is 29.9 Å². The summed E-state index contributed by atoms with van der Waals surface area (Å²) in [4.78, 5) is 5.06. The molecule has 1 aromatic carbocycles. The molecule has 1 saturated heterocycles. The average molecular weight is 327 g/mol. The smallest absolute Gasteiger partial charge is 0.123 e. The van der Waals surface area contributed by atoms with Crippen molar-refractivity contribution in [2.45, 2.75) is 19.9 Å². The van der Waals surface area contributed by atoms with E-state index in [0.29, 0.717) is 0 Å². The van der Waals surface area contributed by atoms with Crippen molar-refractivity contribution in [1.29, 1.82) is 0 Å². The summed E-state index contributed by atoms with van der Waals surface area (Å²) >= 11 is 3.54. The molecule has 1 aliphatic rings. The number of methoxy groups -OCH3 is 1. The Kier molecular flexibility index (Phi) is 5.67. The van der Waals surface area contributed by atoms with Crippen LogP contribution in [-0.2, 0) is 6.54 Å². The lowest BCUT2D eigenvalue weighted by atomic mass is 10.1. The Morgan fingerprint density at radius 3 is 2.47 bits per heavy atom. The zero-order valence-electron chi connectivity index (χ0n) is 11.9. The van der Waals surface area contributed by atoms with Crippen molar-refractivity contribution in [1.82, 2.24) is 9.80 Å². The zero-order valence-corrected chi connectivity index (χ0v) is 13.4. The van der Waals surface area contributed by atoms with Gasteiger partial charge in [-0.3, -0.25) is 4.90 Å². The quantitative estimate of drug-likeness (QED) is 0.827. The average Bonchev–Trinajstić information content (AvgIpc) is 2.42. The van der Waals surface area contributed by atoms with E-state index in [-0.39, 0.29) is 0 Å². The summed E-state index contributed by atoms with van der Waals surface area (Å²) in [7, 11) is 1.74. The Hall–Kier alpha value is -0.580. The van der Waals surface area contributed by atoms with Crippen LogP contribution >= 0.6 is 15.9 Å². The summed E-state index contributed by atoms with van der Waals surface area (Å²) in [5.41, 5.74) is 1.26. The molecule has 3 nitrogen and oxygen atoms in total. The lowest BCUT2D eigenvalue weighted by molar-refractivity contribution is 0.126. The molecule has 19 heavy (non-hydrogen) atoms. The van der Waals surface area contributed by atoms with Gasteiger partial charge in [-0.2, -0.15) is 0 Å². The third-order valence-electron chi connectivity index (χ3n) is 3.64. The Balaban J connectivity index is 1.93. The highest BCUT2D eigenvalue weighted by Crippen LogP contribution is 2.24. The molecular weight excluding hydrogens is 304 g/mol. The van der Waals surface area contributed by atoms with Gasteiger partial charge in [0.1, 0.15) is 5.75 Å². The van der Waals surface area contributed by atoms with Gasteiger partial charge in [0.2, 0.25) is 0 Å². The molecule has 4 heteroatoms. The zero-order chi connectivity index (χ0) is 13.7. The summed E-state index contributed by atoms with van der Waals surface area (Å²) in [6.07, 6.45) is 1.25. The molecule has 0 aromatic heterocycles. The maximum absolute atomic E-state index is 5.44. The third kappa shape index (κ3) is 4.20. The first kappa shape index (κ1) is 14.8. The van der Waals surface area contributed by atoms with Gasteiger partial charge < -0.3 is 9.64 Å². The molecular formula is C15H23BrN2O. The summed E-state index contributed by atoms with van der Waals surface area (Å²) in [6.45, 7) is 9.12. The fraction of sp³-hybridized carbons (Fsp3) is 0.600. The summed E-state index contributed by atoms with van der Waals surface area (Å²) < 4.78 is 6.56. The molecule has 0 N–H and O–H groups in total. The fourth-order valence-corrected chi connectivity index (χ4v) is 3.01. The van der Waals surface area contributed by atoms with Gasteiger partial charge in [-0.1, -0.05) is 22.9 Å². The van der Waals surface area contributed by atoms with Gasteiger partial charge in [-0.05, 0) is 31.2 Å². The molecule has 1 aromatic rings. The number of rotatable bonds is 5. The number of ether oxygens (including phenoxy) is 1. The van der Waals surface area contributed by atoms with Gasteiger partial charge in [-0.25, -0.2) is 0 Å². The van der Waals surface area contributed by atoms with Crippen molar-refractivity contribution >= 4 is 15.9 Å². The molecule has 2 rings (SSSR count). The van der Waals surface area contributed by atoms with Crippen LogP contribution in [0.25, 0.3) is 0 Å². The number of nitrogens with zero attached hydrogens (tertiary/aromatic N) is 2.